The van der Waals surface area contributed by atoms with E-state index in [1.54, 1.807) is 23.7 Å². The number of aryl methyl sites for hydroxylation is 1. The normalized spacial score (nSPS) is 12.7. The summed E-state index contributed by atoms with van der Waals surface area (Å²) in [5.74, 6) is 0. The summed E-state index contributed by atoms with van der Waals surface area (Å²) in [6.45, 7) is 1.97. The molecule has 0 saturated carbocycles. The minimum Gasteiger partial charge on any atom is -0.388 e. The van der Waals surface area contributed by atoms with Gasteiger partial charge in [-0.3, -0.25) is 4.98 Å². The lowest BCUT2D eigenvalue weighted by Crippen LogP contribution is -2.03. The third-order valence-corrected chi connectivity index (χ3v) is 3.16. The summed E-state index contributed by atoms with van der Waals surface area (Å²) >= 11 is 1.66. The molecule has 15 heavy (non-hydrogen) atoms. The fourth-order valence-corrected chi connectivity index (χ4v) is 2.28. The molecule has 2 aromatic rings. The summed E-state index contributed by atoms with van der Waals surface area (Å²) < 4.78 is 0. The summed E-state index contributed by atoms with van der Waals surface area (Å²) in [6, 6.07) is 3.93. The van der Waals surface area contributed by atoms with Crippen molar-refractivity contribution in [2.75, 3.05) is 0 Å². The smallest absolute Gasteiger partial charge is 0.0834 e. The van der Waals surface area contributed by atoms with Crippen molar-refractivity contribution >= 4 is 11.3 Å². The molecular weight excluding hydrogens is 206 g/mol. The highest BCUT2D eigenvalue weighted by Crippen LogP contribution is 2.21. The van der Waals surface area contributed by atoms with E-state index in [9.17, 15) is 5.11 Å². The third-order valence-electron chi connectivity index (χ3n) is 2.43. The molecule has 0 aliphatic carbocycles. The highest BCUT2D eigenvalue weighted by Gasteiger charge is 2.10. The van der Waals surface area contributed by atoms with E-state index in [-0.39, 0.29) is 0 Å². The maximum Gasteiger partial charge on any atom is 0.0834 e. The van der Waals surface area contributed by atoms with Gasteiger partial charge in [-0.15, -0.1) is 0 Å². The topological polar surface area (TPSA) is 33.1 Å². The van der Waals surface area contributed by atoms with Crippen LogP contribution in [-0.2, 0) is 6.42 Å². The van der Waals surface area contributed by atoms with Crippen molar-refractivity contribution in [3.05, 3.63) is 52.0 Å². The van der Waals surface area contributed by atoms with Crippen LogP contribution in [0.15, 0.2) is 35.3 Å². The van der Waals surface area contributed by atoms with Crippen molar-refractivity contribution in [1.82, 2.24) is 4.98 Å². The minimum atomic E-state index is -0.428. The first-order chi connectivity index (χ1) is 7.27. The van der Waals surface area contributed by atoms with E-state index >= 15 is 0 Å². The Balaban J connectivity index is 2.15. The molecule has 1 unspecified atom stereocenters. The van der Waals surface area contributed by atoms with Crippen LogP contribution < -0.4 is 0 Å². The van der Waals surface area contributed by atoms with E-state index in [0.29, 0.717) is 6.42 Å². The molecule has 3 heteroatoms. The minimum absolute atomic E-state index is 0.428. The zero-order chi connectivity index (χ0) is 10.7. The van der Waals surface area contributed by atoms with Gasteiger partial charge in [-0.05, 0) is 46.5 Å². The summed E-state index contributed by atoms with van der Waals surface area (Å²) in [5.41, 5.74) is 3.19. The lowest BCUT2D eigenvalue weighted by atomic mass is 10.0. The molecule has 2 heterocycles. The van der Waals surface area contributed by atoms with E-state index < -0.39 is 6.10 Å². The molecule has 2 rings (SSSR count). The van der Waals surface area contributed by atoms with Crippen LogP contribution in [0.1, 0.15) is 22.8 Å². The van der Waals surface area contributed by atoms with Crippen LogP contribution in [0.5, 0.6) is 0 Å². The number of nitrogens with zero attached hydrogens (tertiary/aromatic N) is 1. The van der Waals surface area contributed by atoms with Gasteiger partial charge in [0.2, 0.25) is 0 Å². The predicted octanol–water partition coefficient (Wildman–Crippen LogP) is 2.73. The molecule has 0 fully saturated rings. The van der Waals surface area contributed by atoms with Crippen molar-refractivity contribution in [2.45, 2.75) is 19.4 Å². The molecule has 1 N–H and O–H groups in total. The van der Waals surface area contributed by atoms with Gasteiger partial charge < -0.3 is 5.11 Å². The molecule has 0 bridgehead atoms. The molecule has 0 spiro atoms. The van der Waals surface area contributed by atoms with Gasteiger partial charge in [0.15, 0.2) is 0 Å². The molecule has 0 amide bonds. The molecule has 0 aliphatic rings. The molecule has 0 saturated heterocycles. The van der Waals surface area contributed by atoms with Crippen molar-refractivity contribution in [3.63, 3.8) is 0 Å². The van der Waals surface area contributed by atoms with Gasteiger partial charge in [-0.2, -0.15) is 11.3 Å². The molecule has 2 aromatic heterocycles. The van der Waals surface area contributed by atoms with Gasteiger partial charge in [0.1, 0.15) is 0 Å². The Morgan fingerprint density at radius 1 is 1.47 bits per heavy atom. The van der Waals surface area contributed by atoms with Gasteiger partial charge in [-0.25, -0.2) is 0 Å². The fourth-order valence-electron chi connectivity index (χ4n) is 1.60. The Hall–Kier alpha value is -1.19. The molecule has 0 aliphatic heterocycles. The average molecular weight is 219 g/mol. The average Bonchev–Trinajstić information content (AvgIpc) is 2.71. The predicted molar refractivity (Wildman–Crippen MR) is 62.0 cm³/mol. The van der Waals surface area contributed by atoms with Gasteiger partial charge >= 0.3 is 0 Å². The van der Waals surface area contributed by atoms with Gasteiger partial charge in [-0.1, -0.05) is 0 Å². The zero-order valence-corrected chi connectivity index (χ0v) is 9.37. The highest BCUT2D eigenvalue weighted by atomic mass is 32.1. The summed E-state index contributed by atoms with van der Waals surface area (Å²) in [5, 5.41) is 14.1. The van der Waals surface area contributed by atoms with Crippen LogP contribution in [0.3, 0.4) is 0 Å². The number of aliphatic hydroxyl groups is 1. The molecule has 0 radical (unpaired) electrons. The first kappa shape index (κ1) is 10.3. The SMILES string of the molecule is Cc1cnccc1C(O)Cc1ccsc1. The van der Waals surface area contributed by atoms with Crippen LogP contribution in [0, 0.1) is 6.92 Å². The van der Waals surface area contributed by atoms with Crippen LogP contribution in [0.2, 0.25) is 0 Å². The van der Waals surface area contributed by atoms with Crippen LogP contribution in [-0.4, -0.2) is 10.1 Å². The van der Waals surface area contributed by atoms with E-state index in [2.05, 4.69) is 10.4 Å². The quantitative estimate of drug-likeness (QED) is 0.861. The lowest BCUT2D eigenvalue weighted by molar-refractivity contribution is 0.177. The van der Waals surface area contributed by atoms with Crippen molar-refractivity contribution in [1.29, 1.82) is 0 Å². The monoisotopic (exact) mass is 219 g/mol. The summed E-state index contributed by atoms with van der Waals surface area (Å²) in [6.07, 6.45) is 3.75. The molecule has 2 nitrogen and oxygen atoms in total. The maximum absolute atomic E-state index is 10.0. The highest BCUT2D eigenvalue weighted by molar-refractivity contribution is 7.07. The molecular formula is C12H13NOS. The van der Waals surface area contributed by atoms with Gasteiger partial charge in [0.25, 0.3) is 0 Å². The number of aliphatic hydroxyl groups excluding tert-OH is 1. The number of aromatic nitrogens is 1. The first-order valence-corrected chi connectivity index (χ1v) is 5.81. The maximum atomic E-state index is 10.0. The van der Waals surface area contributed by atoms with E-state index in [4.69, 9.17) is 0 Å². The number of pyridine rings is 1. The lowest BCUT2D eigenvalue weighted by Gasteiger charge is -2.12. The number of hydrogen-bond acceptors (Lipinski definition) is 3. The number of hydrogen-bond donors (Lipinski definition) is 1. The molecule has 78 valence electrons. The second-order valence-electron chi connectivity index (χ2n) is 3.58. The van der Waals surface area contributed by atoms with Crippen LogP contribution in [0.25, 0.3) is 0 Å². The van der Waals surface area contributed by atoms with Crippen LogP contribution in [0.4, 0.5) is 0 Å². The first-order valence-electron chi connectivity index (χ1n) is 4.87. The second kappa shape index (κ2) is 4.55. The van der Waals surface area contributed by atoms with E-state index in [0.717, 1.165) is 11.1 Å². The summed E-state index contributed by atoms with van der Waals surface area (Å²) in [7, 11) is 0. The van der Waals surface area contributed by atoms with E-state index in [1.165, 1.54) is 5.56 Å². The Labute approximate surface area is 93.2 Å². The van der Waals surface area contributed by atoms with Crippen molar-refractivity contribution < 1.29 is 5.11 Å². The van der Waals surface area contributed by atoms with Gasteiger partial charge in [0, 0.05) is 18.8 Å². The largest absolute Gasteiger partial charge is 0.388 e. The molecule has 0 aromatic carbocycles. The summed E-state index contributed by atoms with van der Waals surface area (Å²) in [4.78, 5) is 4.02. The zero-order valence-electron chi connectivity index (χ0n) is 8.55. The van der Waals surface area contributed by atoms with E-state index in [1.807, 2.05) is 24.4 Å². The van der Waals surface area contributed by atoms with Gasteiger partial charge in [0.05, 0.1) is 6.10 Å². The standard InChI is InChI=1S/C12H13NOS/c1-9-7-13-4-2-11(9)12(14)6-10-3-5-15-8-10/h2-5,7-8,12,14H,6H2,1H3. The molecule has 1 atom stereocenters. The van der Waals surface area contributed by atoms with Crippen molar-refractivity contribution in [2.24, 2.45) is 0 Å². The van der Waals surface area contributed by atoms with Crippen molar-refractivity contribution in [3.8, 4) is 0 Å². The van der Waals surface area contributed by atoms with Crippen LogP contribution >= 0.6 is 11.3 Å². The fraction of sp³-hybridized carbons (Fsp3) is 0.250. The Morgan fingerprint density at radius 3 is 3.00 bits per heavy atom. The third kappa shape index (κ3) is 2.43. The Bertz CT molecular complexity index is 425. The second-order valence-corrected chi connectivity index (χ2v) is 4.36. The Kier molecular flexibility index (Phi) is 3.14. The Morgan fingerprint density at radius 2 is 2.33 bits per heavy atom. The number of thiophene rings is 1. The number of rotatable bonds is 3.